The number of benzene rings is 5. The number of carboxylic acids is 1. The second-order valence-corrected chi connectivity index (χ2v) is 34.7. The number of aromatic hydroxyl groups is 1. The number of carboxylic acid groups (broad SMARTS) is 1. The van der Waals surface area contributed by atoms with Gasteiger partial charge in [0.1, 0.15) is 84.3 Å². The third-order valence-corrected chi connectivity index (χ3v) is 24.5. The van der Waals surface area contributed by atoms with Gasteiger partial charge in [-0.05, 0) is 96.3 Å². The molecular formula is C92H118F3N17O21S. The summed E-state index contributed by atoms with van der Waals surface area (Å²) in [5.74, 6) is -24.5. The Labute approximate surface area is 776 Å². The van der Waals surface area contributed by atoms with Gasteiger partial charge in [0, 0.05) is 109 Å². The summed E-state index contributed by atoms with van der Waals surface area (Å²) in [4.78, 5) is 246. The molecule has 3 aliphatic rings. The predicted molar refractivity (Wildman–Crippen MR) is 483 cm³/mol. The summed E-state index contributed by atoms with van der Waals surface area (Å²) in [7, 11) is 4.97. The predicted octanol–water partition coefficient (Wildman–Crippen LogP) is -0.203. The fraction of sp³-hybridized carbons (Fsp3) is 0.478. The van der Waals surface area contributed by atoms with E-state index in [-0.39, 0.29) is 89.0 Å². The van der Waals surface area contributed by atoms with Crippen LogP contribution in [0.3, 0.4) is 0 Å². The van der Waals surface area contributed by atoms with Crippen molar-refractivity contribution in [3.05, 3.63) is 173 Å². The number of morpholine rings is 1. The van der Waals surface area contributed by atoms with Gasteiger partial charge < -0.3 is 114 Å². The monoisotopic (exact) mass is 1890 g/mol. The smallest absolute Gasteiger partial charge is 0.305 e. The van der Waals surface area contributed by atoms with Gasteiger partial charge in [0.2, 0.25) is 88.6 Å². The number of nitrogens with one attached hydrogen (secondary N) is 10. The van der Waals surface area contributed by atoms with E-state index in [9.17, 15) is 53.3 Å². The number of nitrogens with zero attached hydrogens (tertiary/aromatic N) is 5. The topological polar surface area (TPSA) is 545 Å². The Balaban J connectivity index is 1.14. The van der Waals surface area contributed by atoms with Crippen LogP contribution in [-0.4, -0.2) is 310 Å². The van der Waals surface area contributed by atoms with E-state index in [2.05, 4.69) is 52.8 Å². The maximum Gasteiger partial charge on any atom is 0.305 e. The van der Waals surface area contributed by atoms with Crippen LogP contribution in [-0.2, 0) is 118 Å². The molecule has 6 aromatic rings. The molecule has 17 N–H and O–H groups in total. The molecule has 3 aliphatic heterocycles. The van der Waals surface area contributed by atoms with E-state index in [1.165, 1.54) is 66.4 Å². The van der Waals surface area contributed by atoms with Crippen LogP contribution in [0.4, 0.5) is 13.2 Å². The van der Waals surface area contributed by atoms with E-state index in [1.807, 2.05) is 0 Å². The Hall–Kier alpha value is -13.1. The van der Waals surface area contributed by atoms with Crippen molar-refractivity contribution in [2.75, 3.05) is 85.8 Å². The normalized spacial score (nSPS) is 24.1. The summed E-state index contributed by atoms with van der Waals surface area (Å²) in [6.45, 7) is 2.20. The fourth-order valence-corrected chi connectivity index (χ4v) is 17.0. The van der Waals surface area contributed by atoms with Crippen LogP contribution in [0.2, 0.25) is 0 Å². The third kappa shape index (κ3) is 29.0. The number of unbranched alkanes of at least 4 members (excludes halogenated alkanes) is 1. The number of aliphatic carboxylic acids is 1. The molecule has 42 heteroatoms. The van der Waals surface area contributed by atoms with Crippen LogP contribution in [0.15, 0.2) is 128 Å². The number of thioether (sulfide) groups is 1. The number of hydrogen-bond donors (Lipinski definition) is 15. The zero-order valence-corrected chi connectivity index (χ0v) is 76.3. The Bertz CT molecular complexity index is 5140. The lowest BCUT2D eigenvalue weighted by Crippen LogP contribution is -2.64. The quantitative estimate of drug-likeness (QED) is 0.0330. The number of aliphatic hydroxyl groups is 1. The van der Waals surface area contributed by atoms with Gasteiger partial charge in [0.25, 0.3) is 0 Å². The number of amides is 15. The van der Waals surface area contributed by atoms with E-state index >= 15 is 51.9 Å². The molecule has 38 nitrogen and oxygen atoms in total. The van der Waals surface area contributed by atoms with E-state index in [4.69, 9.17) is 20.9 Å². The highest BCUT2D eigenvalue weighted by atomic mass is 32.2. The van der Waals surface area contributed by atoms with Gasteiger partial charge in [-0.3, -0.25) is 76.7 Å². The summed E-state index contributed by atoms with van der Waals surface area (Å²) < 4.78 is 56.2. The van der Waals surface area contributed by atoms with Crippen LogP contribution in [0.1, 0.15) is 100.0 Å². The summed E-state index contributed by atoms with van der Waals surface area (Å²) >= 11 is 0.643. The zero-order chi connectivity index (χ0) is 97.7. The number of ether oxygens (including phenoxy) is 2. The molecule has 0 radical (unpaired) electrons. The molecule has 0 unspecified atom stereocenters. The first kappa shape index (κ1) is 105. The van der Waals surface area contributed by atoms with E-state index in [0.717, 1.165) is 24.5 Å². The first-order chi connectivity index (χ1) is 63.9. The number of phenolic OH excluding ortho intramolecular Hbond substituents is 1. The van der Waals surface area contributed by atoms with Crippen LogP contribution in [0.5, 0.6) is 5.75 Å². The van der Waals surface area contributed by atoms with Crippen molar-refractivity contribution in [2.24, 2.45) is 17.4 Å². The molecule has 5 aromatic carbocycles. The molecule has 14 atom stereocenters. The number of phenols is 1. The molecule has 4 heterocycles. The van der Waals surface area contributed by atoms with E-state index < -0.39 is 259 Å². The number of halogens is 3. The average molecular weight is 1890 g/mol. The van der Waals surface area contributed by atoms with Crippen molar-refractivity contribution >= 4 is 117 Å². The number of H-pyrrole nitrogens is 1. The molecule has 9 rings (SSSR count). The average Bonchev–Trinajstić information content (AvgIpc) is 1.76. The minimum Gasteiger partial charge on any atom is -0.508 e. The van der Waals surface area contributed by atoms with Crippen molar-refractivity contribution in [1.29, 1.82) is 0 Å². The highest BCUT2D eigenvalue weighted by molar-refractivity contribution is 8.00. The number of carbonyl (C=O) groups is 16. The zero-order valence-electron chi connectivity index (χ0n) is 75.5. The third-order valence-electron chi connectivity index (χ3n) is 23.5. The molecule has 3 fully saturated rings. The number of hydrogen-bond acceptors (Lipinski definition) is 22. The lowest BCUT2D eigenvalue weighted by atomic mass is 9.98. The Morgan fingerprint density at radius 3 is 1.76 bits per heavy atom. The number of aromatic amines is 1. The van der Waals surface area contributed by atoms with Crippen LogP contribution >= 0.6 is 11.8 Å². The van der Waals surface area contributed by atoms with Gasteiger partial charge in [-0.1, -0.05) is 125 Å². The maximum absolute atomic E-state index is 15.7. The molecule has 0 spiro atoms. The molecule has 1 aromatic heterocycles. The van der Waals surface area contributed by atoms with Crippen molar-refractivity contribution in [3.8, 4) is 5.75 Å². The van der Waals surface area contributed by atoms with E-state index in [1.54, 1.807) is 98.0 Å². The fourth-order valence-electron chi connectivity index (χ4n) is 16.1. The molecule has 0 aliphatic carbocycles. The summed E-state index contributed by atoms with van der Waals surface area (Å²) in [5.41, 5.74) is 13.4. The van der Waals surface area contributed by atoms with Crippen molar-refractivity contribution in [3.63, 3.8) is 0 Å². The Kier molecular flexibility index (Phi) is 39.2. The first-order valence-corrected chi connectivity index (χ1v) is 45.2. The second-order valence-electron chi connectivity index (χ2n) is 33.7. The van der Waals surface area contributed by atoms with Crippen molar-refractivity contribution in [2.45, 2.75) is 189 Å². The van der Waals surface area contributed by atoms with Crippen molar-refractivity contribution < 1.29 is 115 Å². The number of aromatic nitrogens is 1. The highest BCUT2D eigenvalue weighted by Gasteiger charge is 2.47. The molecule has 724 valence electrons. The summed E-state index contributed by atoms with van der Waals surface area (Å²) in [6, 6.07) is 8.22. The number of para-hydroxylation sites is 1. The van der Waals surface area contributed by atoms with Gasteiger partial charge in [0.15, 0.2) is 17.5 Å². The lowest BCUT2D eigenvalue weighted by molar-refractivity contribution is -0.158. The number of aliphatic hydroxyl groups excluding tert-OH is 1. The number of methoxy groups -OCH3 is 1. The van der Waals surface area contributed by atoms with Gasteiger partial charge in [-0.15, -0.1) is 11.8 Å². The first-order valence-electron chi connectivity index (χ1n) is 44.1. The largest absolute Gasteiger partial charge is 0.508 e. The van der Waals surface area contributed by atoms with Gasteiger partial charge in [-0.2, -0.15) is 0 Å². The number of fused-ring (bicyclic) bond motifs is 3. The SMILES string of the molecule is CCCC[C@H]1C(=O)N2CCOC[C@@H]2C(=O)N[C@@H](CC(=O)O)C(=O)N[C@@H](C(C)C)C(=O)N(C)[C@@H](Cc2ccccc2)C(=O)N[C@H](CCCN)C(=O)N2C[C@H](O)C[C@@H]2C(=O)N[C@@H](Cc2c[nH]c3ccccc23)C(=O)N[C@@H](Cc2ccc(O)cc2)C(=O)N[C@@H](CCOC)C(=O)N[C@H](C(=O)NCC(N)=O)CSCC(=O)N[C@H](Cc2cc(F)c(F)c(F)c2)C(=O)N(C)[C@@H](Cc2ccccc2)C(=O)N1C. The summed E-state index contributed by atoms with van der Waals surface area (Å²) in [5, 5.41) is 56.1. The van der Waals surface area contributed by atoms with Crippen LogP contribution < -0.4 is 59.3 Å². The standard InChI is InChI=1S/C92H118F3N17O21S/c1-8-9-26-70-91(130)111-33-35-133-48-74(111)87(126)105-67(44-77(117)118)84(123)107-79(51(2)3)92(131)109(5)71(40-52-19-12-10-13-20-52)85(124)102-64(25-18-32-96)89(128)112-47-58(114)43-72(112)86(125)104-66(42-56-45-98-62-24-17-16-23-59(56)62)83(122)103-65(38-54-27-29-57(113)30-28-54)82(121)101-63(31-34-132-7)81(120)106-69(80(119)99-46-75(97)115)49-134-50-76(116)100-68(39-55-36-60(93)78(95)61(94)37-55)88(127)110(6)73(90(129)108(70)4)41-53-21-14-11-15-22-53/h10-17,19-24,27-30,36-37,45,51,58,63-74,79,98,113-114H,8-9,18,25-26,31-35,38-44,46-50,96H2,1-7H3,(H2,97,115)(H,99,119)(H,100,116)(H,101,121)(H,102,124)(H,103,122)(H,104,125)(H,105,126)(H,106,120)(H,107,123)(H,117,118)/t58-,63+,64-,65+,66+,67+,68-,69+,70+,71+,72-,73+,74-,79+/m1/s1. The Morgan fingerprint density at radius 1 is 0.575 bits per heavy atom. The van der Waals surface area contributed by atoms with Gasteiger partial charge in [0.05, 0.1) is 38.0 Å². The van der Waals surface area contributed by atoms with Crippen LogP contribution in [0, 0.1) is 23.4 Å². The molecule has 0 saturated carbocycles. The maximum atomic E-state index is 15.7. The molecule has 0 bridgehead atoms. The van der Waals surface area contributed by atoms with Crippen molar-refractivity contribution in [1.82, 2.24) is 77.3 Å². The number of primary amides is 1. The van der Waals surface area contributed by atoms with Gasteiger partial charge in [-0.25, -0.2) is 13.2 Å². The number of carbonyl (C=O) groups excluding carboxylic acids is 15. The molecule has 3 saturated heterocycles. The second kappa shape index (κ2) is 50.1. The molecule has 134 heavy (non-hydrogen) atoms. The highest BCUT2D eigenvalue weighted by Crippen LogP contribution is 2.28. The molecule has 15 amide bonds. The minimum absolute atomic E-state index is 0.0386. The van der Waals surface area contributed by atoms with Crippen LogP contribution in [0.25, 0.3) is 10.9 Å². The molecular weight excluding hydrogens is 1770 g/mol. The van der Waals surface area contributed by atoms with Gasteiger partial charge >= 0.3 is 5.97 Å². The van der Waals surface area contributed by atoms with E-state index in [0.29, 0.717) is 63.5 Å². The minimum atomic E-state index is -2.01. The number of likely N-dealkylation sites (N-methyl/N-ethyl adjacent to an activating group) is 3. The summed E-state index contributed by atoms with van der Waals surface area (Å²) in [6.07, 6.45) is -3.32. The number of nitrogens with two attached hydrogens (primary N) is 2. The Morgan fingerprint density at radius 2 is 1.13 bits per heavy atom. The number of rotatable bonds is 25. The lowest BCUT2D eigenvalue weighted by Gasteiger charge is -2.40.